The molecule has 3 aromatic carbocycles. The molecule has 0 spiro atoms. The number of hydrogen-bond acceptors (Lipinski definition) is 4. The summed E-state index contributed by atoms with van der Waals surface area (Å²) in [5.41, 5.74) is 5.95. The average molecular weight is 468 g/mol. The Bertz CT molecular complexity index is 1210. The SMILES string of the molecule is Nc1c(F)c(F)cc(Oc2ccc(C(F)(F)F)c(Oc3cc(F)c(F)c(N)c3F)c2)c1F. The minimum atomic E-state index is -5.08. The highest BCUT2D eigenvalue weighted by molar-refractivity contribution is 5.53. The second kappa shape index (κ2) is 8.05. The van der Waals surface area contributed by atoms with E-state index in [2.05, 4.69) is 0 Å². The van der Waals surface area contributed by atoms with Crippen LogP contribution in [0, 0.1) is 34.9 Å². The van der Waals surface area contributed by atoms with Crippen molar-refractivity contribution in [3.8, 4) is 23.0 Å². The summed E-state index contributed by atoms with van der Waals surface area (Å²) in [6.07, 6.45) is -5.08. The van der Waals surface area contributed by atoms with Crippen LogP contribution < -0.4 is 20.9 Å². The molecule has 32 heavy (non-hydrogen) atoms. The quantitative estimate of drug-likeness (QED) is 0.268. The normalized spacial score (nSPS) is 11.5. The topological polar surface area (TPSA) is 70.5 Å². The molecule has 4 nitrogen and oxygen atoms in total. The molecule has 4 N–H and O–H groups in total. The molecule has 0 heterocycles. The number of alkyl halides is 3. The second-order valence-corrected chi connectivity index (χ2v) is 6.16. The molecular formula is C19H9F9N2O2. The van der Waals surface area contributed by atoms with E-state index in [0.29, 0.717) is 18.2 Å². The number of halogens is 9. The molecule has 13 heteroatoms. The zero-order valence-corrected chi connectivity index (χ0v) is 15.3. The molecule has 0 fully saturated rings. The van der Waals surface area contributed by atoms with Crippen molar-refractivity contribution in [3.63, 3.8) is 0 Å². The number of nitrogen functional groups attached to an aromatic ring is 2. The van der Waals surface area contributed by atoms with Crippen molar-refractivity contribution in [2.24, 2.45) is 0 Å². The van der Waals surface area contributed by atoms with Gasteiger partial charge in [-0.3, -0.25) is 0 Å². The lowest BCUT2D eigenvalue weighted by molar-refractivity contribution is -0.138. The van der Waals surface area contributed by atoms with E-state index < -0.39 is 81.0 Å². The van der Waals surface area contributed by atoms with Gasteiger partial charge in [-0.25, -0.2) is 26.3 Å². The van der Waals surface area contributed by atoms with Gasteiger partial charge in [-0.1, -0.05) is 0 Å². The third-order valence-corrected chi connectivity index (χ3v) is 4.02. The number of nitrogens with two attached hydrogens (primary N) is 2. The molecule has 0 aromatic heterocycles. The van der Waals surface area contributed by atoms with Gasteiger partial charge in [0.15, 0.2) is 46.4 Å². The molecule has 170 valence electrons. The van der Waals surface area contributed by atoms with E-state index in [0.717, 1.165) is 0 Å². The fourth-order valence-corrected chi connectivity index (χ4v) is 2.48. The zero-order valence-electron chi connectivity index (χ0n) is 15.3. The highest BCUT2D eigenvalue weighted by Crippen LogP contribution is 2.42. The van der Waals surface area contributed by atoms with Gasteiger partial charge in [-0.05, 0) is 12.1 Å². The fraction of sp³-hybridized carbons (Fsp3) is 0.0526. The van der Waals surface area contributed by atoms with Gasteiger partial charge in [0.2, 0.25) is 0 Å². The Hall–Kier alpha value is -3.77. The molecule has 0 aliphatic carbocycles. The maximum absolute atomic E-state index is 14.1. The maximum atomic E-state index is 14.1. The van der Waals surface area contributed by atoms with Crippen LogP contribution >= 0.6 is 0 Å². The summed E-state index contributed by atoms with van der Waals surface area (Å²) in [6, 6.07) is 1.85. The van der Waals surface area contributed by atoms with Gasteiger partial charge in [-0.15, -0.1) is 0 Å². The first-order valence-electron chi connectivity index (χ1n) is 8.24. The van der Waals surface area contributed by atoms with Crippen molar-refractivity contribution in [1.29, 1.82) is 0 Å². The number of hydrogen-bond donors (Lipinski definition) is 2. The lowest BCUT2D eigenvalue weighted by atomic mass is 10.1. The molecule has 0 saturated carbocycles. The minimum absolute atomic E-state index is 0.116. The first-order valence-corrected chi connectivity index (χ1v) is 8.24. The van der Waals surface area contributed by atoms with E-state index in [1.54, 1.807) is 0 Å². The number of anilines is 2. The largest absolute Gasteiger partial charge is 0.454 e. The lowest BCUT2D eigenvalue weighted by Crippen LogP contribution is -2.08. The third kappa shape index (κ3) is 4.18. The van der Waals surface area contributed by atoms with Gasteiger partial charge < -0.3 is 20.9 Å². The van der Waals surface area contributed by atoms with Crippen LogP contribution in [0.25, 0.3) is 0 Å². The summed E-state index contributed by atoms with van der Waals surface area (Å²) in [5, 5.41) is 0. The standard InChI is InChI=1S/C19H9F9N2O2/c20-8-4-11(15(24)17(29)13(8)22)31-6-1-2-7(19(26,27)28)10(3-6)32-12-5-9(21)14(23)18(30)16(12)25/h1-5H,29-30H2. The Kier molecular flexibility index (Phi) is 5.76. The average Bonchev–Trinajstić information content (AvgIpc) is 2.72. The van der Waals surface area contributed by atoms with E-state index in [1.165, 1.54) is 0 Å². The first-order chi connectivity index (χ1) is 14.8. The van der Waals surface area contributed by atoms with Crippen molar-refractivity contribution in [3.05, 3.63) is 70.8 Å². The van der Waals surface area contributed by atoms with Gasteiger partial charge in [0.05, 0.1) is 5.56 Å². The van der Waals surface area contributed by atoms with Gasteiger partial charge in [0, 0.05) is 18.2 Å². The first kappa shape index (κ1) is 22.9. The Morgan fingerprint density at radius 1 is 0.594 bits per heavy atom. The summed E-state index contributed by atoms with van der Waals surface area (Å²) in [6.45, 7) is 0. The van der Waals surface area contributed by atoms with Crippen LogP contribution in [0.1, 0.15) is 5.56 Å². The van der Waals surface area contributed by atoms with Crippen molar-refractivity contribution < 1.29 is 49.0 Å². The summed E-state index contributed by atoms with van der Waals surface area (Å²) >= 11 is 0. The molecule has 0 radical (unpaired) electrons. The number of benzene rings is 3. The maximum Gasteiger partial charge on any atom is 0.419 e. The van der Waals surface area contributed by atoms with Crippen molar-refractivity contribution >= 4 is 11.4 Å². The third-order valence-electron chi connectivity index (χ3n) is 4.02. The van der Waals surface area contributed by atoms with Gasteiger partial charge in [0.25, 0.3) is 0 Å². The fourth-order valence-electron chi connectivity index (χ4n) is 2.48. The van der Waals surface area contributed by atoms with Crippen LogP contribution in [0.4, 0.5) is 50.9 Å². The molecule has 0 amide bonds. The number of rotatable bonds is 4. The molecule has 0 atom stereocenters. The summed E-state index contributed by atoms with van der Waals surface area (Å²) < 4.78 is 131. The van der Waals surface area contributed by atoms with Crippen LogP contribution in [-0.4, -0.2) is 0 Å². The molecule has 0 saturated heterocycles. The van der Waals surface area contributed by atoms with Crippen LogP contribution in [0.5, 0.6) is 23.0 Å². The predicted molar refractivity (Wildman–Crippen MR) is 93.0 cm³/mol. The molecule has 0 aliphatic rings. The Morgan fingerprint density at radius 3 is 1.53 bits per heavy atom. The summed E-state index contributed by atoms with van der Waals surface area (Å²) in [5.74, 6) is -14.0. The molecular weight excluding hydrogens is 459 g/mol. The van der Waals surface area contributed by atoms with Gasteiger partial charge >= 0.3 is 6.18 Å². The molecule has 0 unspecified atom stereocenters. The van der Waals surface area contributed by atoms with E-state index in [-0.39, 0.29) is 12.1 Å². The van der Waals surface area contributed by atoms with E-state index >= 15 is 0 Å². The predicted octanol–water partition coefficient (Wildman–Crippen LogP) is 6.29. The number of ether oxygens (including phenoxy) is 2. The molecule has 0 aliphatic heterocycles. The van der Waals surface area contributed by atoms with E-state index in [9.17, 15) is 39.5 Å². The monoisotopic (exact) mass is 468 g/mol. The molecule has 0 bridgehead atoms. The Labute approximate surface area is 172 Å². The van der Waals surface area contributed by atoms with Crippen LogP contribution in [0.3, 0.4) is 0 Å². The second-order valence-electron chi connectivity index (χ2n) is 6.16. The van der Waals surface area contributed by atoms with E-state index in [1.807, 2.05) is 0 Å². The Morgan fingerprint density at radius 2 is 1.06 bits per heavy atom. The van der Waals surface area contributed by atoms with Crippen molar-refractivity contribution in [1.82, 2.24) is 0 Å². The van der Waals surface area contributed by atoms with Crippen molar-refractivity contribution in [2.75, 3.05) is 11.5 Å². The smallest absolute Gasteiger partial charge is 0.419 e. The summed E-state index contributed by atoms with van der Waals surface area (Å²) in [4.78, 5) is 0. The van der Waals surface area contributed by atoms with Gasteiger partial charge in [0.1, 0.15) is 22.9 Å². The molecule has 3 rings (SSSR count). The van der Waals surface area contributed by atoms with Crippen molar-refractivity contribution in [2.45, 2.75) is 6.18 Å². The minimum Gasteiger partial charge on any atom is -0.454 e. The molecule has 3 aromatic rings. The van der Waals surface area contributed by atoms with E-state index in [4.69, 9.17) is 20.9 Å². The lowest BCUT2D eigenvalue weighted by Gasteiger charge is -2.17. The van der Waals surface area contributed by atoms with Gasteiger partial charge in [-0.2, -0.15) is 13.2 Å². The highest BCUT2D eigenvalue weighted by Gasteiger charge is 2.35. The Balaban J connectivity index is 2.08. The van der Waals surface area contributed by atoms with Crippen LogP contribution in [0.15, 0.2) is 30.3 Å². The highest BCUT2D eigenvalue weighted by atomic mass is 19.4. The summed E-state index contributed by atoms with van der Waals surface area (Å²) in [7, 11) is 0. The zero-order chi connectivity index (χ0) is 24.0. The van der Waals surface area contributed by atoms with Crippen LogP contribution in [0.2, 0.25) is 0 Å². The van der Waals surface area contributed by atoms with Crippen LogP contribution in [-0.2, 0) is 6.18 Å².